The number of unbranched alkanes of at least 4 members (excludes halogenated alkanes) is 3. The number of nitrogens with one attached hydrogen (secondary N) is 1. The van der Waals surface area contributed by atoms with Gasteiger partial charge in [-0.3, -0.25) is 10.1 Å². The lowest BCUT2D eigenvalue weighted by atomic mass is 10.0. The highest BCUT2D eigenvalue weighted by Gasteiger charge is 2.19. The molecular formula is C29H32Cl2N2O5S. The van der Waals surface area contributed by atoms with Crippen LogP contribution in [0.5, 0.6) is 5.75 Å². The predicted octanol–water partition coefficient (Wildman–Crippen LogP) is 8.52. The monoisotopic (exact) mass is 590 g/mol. The van der Waals surface area contributed by atoms with Gasteiger partial charge in [-0.1, -0.05) is 61.5 Å². The minimum Gasteiger partial charge on any atom is -0.496 e. The number of aliphatic carboxylic acids is 1. The fourth-order valence-corrected chi connectivity index (χ4v) is 5.24. The molecule has 1 atom stereocenters. The summed E-state index contributed by atoms with van der Waals surface area (Å²) in [6, 6.07) is 8.72. The SMILES string of the molecule is CCCCCCO[C@H](C)c1cccc(-c2csc(NC(=O)c3cc(Cl)c(/C=C(\C)C(=O)O)c(Cl)c3)n2)c1OC. The molecule has 0 fully saturated rings. The summed E-state index contributed by atoms with van der Waals surface area (Å²) in [5, 5.41) is 14.4. The van der Waals surface area contributed by atoms with Crippen LogP contribution in [0.1, 0.15) is 74.0 Å². The van der Waals surface area contributed by atoms with Crippen LogP contribution in [0.25, 0.3) is 17.3 Å². The van der Waals surface area contributed by atoms with E-state index in [1.54, 1.807) is 7.11 Å². The van der Waals surface area contributed by atoms with Crippen LogP contribution >= 0.6 is 34.5 Å². The van der Waals surface area contributed by atoms with Gasteiger partial charge in [0.1, 0.15) is 5.75 Å². The summed E-state index contributed by atoms with van der Waals surface area (Å²) in [6.45, 7) is 6.31. The average Bonchev–Trinajstić information content (AvgIpc) is 3.37. The predicted molar refractivity (Wildman–Crippen MR) is 158 cm³/mol. The number of carbonyl (C=O) groups excluding carboxylic acids is 1. The molecule has 208 valence electrons. The number of carboxylic acid groups (broad SMARTS) is 1. The van der Waals surface area contributed by atoms with E-state index in [0.717, 1.165) is 24.0 Å². The van der Waals surface area contributed by atoms with Crippen LogP contribution in [0.3, 0.4) is 0 Å². The van der Waals surface area contributed by atoms with Crippen molar-refractivity contribution in [3.63, 3.8) is 0 Å². The van der Waals surface area contributed by atoms with Gasteiger partial charge < -0.3 is 14.6 Å². The van der Waals surface area contributed by atoms with Gasteiger partial charge in [-0.15, -0.1) is 11.3 Å². The van der Waals surface area contributed by atoms with Crippen LogP contribution in [0, 0.1) is 0 Å². The van der Waals surface area contributed by atoms with E-state index in [1.165, 1.54) is 49.3 Å². The number of halogens is 2. The molecular weight excluding hydrogens is 559 g/mol. The van der Waals surface area contributed by atoms with Crippen molar-refractivity contribution in [3.8, 4) is 17.0 Å². The lowest BCUT2D eigenvalue weighted by molar-refractivity contribution is -0.132. The number of carboxylic acids is 1. The van der Waals surface area contributed by atoms with Crippen LogP contribution < -0.4 is 10.1 Å². The quantitative estimate of drug-likeness (QED) is 0.153. The topological polar surface area (TPSA) is 97.8 Å². The zero-order valence-corrected chi connectivity index (χ0v) is 24.7. The second kappa shape index (κ2) is 14.5. The Balaban J connectivity index is 1.77. The molecule has 0 saturated carbocycles. The number of benzene rings is 2. The molecule has 0 aliphatic carbocycles. The number of ether oxygens (including phenoxy) is 2. The summed E-state index contributed by atoms with van der Waals surface area (Å²) < 4.78 is 11.8. The number of nitrogens with zero attached hydrogens (tertiary/aromatic N) is 1. The molecule has 0 aliphatic rings. The Hall–Kier alpha value is -2.91. The molecule has 2 N–H and O–H groups in total. The lowest BCUT2D eigenvalue weighted by Gasteiger charge is -2.18. The maximum atomic E-state index is 12.9. The molecule has 0 saturated heterocycles. The van der Waals surface area contributed by atoms with Crippen molar-refractivity contribution in [1.29, 1.82) is 0 Å². The van der Waals surface area contributed by atoms with Gasteiger partial charge in [0.05, 0.1) is 29.0 Å². The standard InChI is InChI=1S/C29H32Cl2N2O5S/c1-5-6-7-8-12-38-18(3)20-10-9-11-21(26(20)37-4)25-16-39-29(32-25)33-27(34)19-14-23(30)22(24(31)15-19)13-17(2)28(35)36/h9-11,13-16,18H,5-8,12H2,1-4H3,(H,35,36)(H,32,33,34)/b17-13+/t18-/m1/s1. The Morgan fingerprint density at radius 2 is 1.90 bits per heavy atom. The third-order valence-corrected chi connectivity index (χ3v) is 7.48. The minimum absolute atomic E-state index is 0.0683. The number of anilines is 1. The Morgan fingerprint density at radius 1 is 1.18 bits per heavy atom. The van der Waals surface area contributed by atoms with Crippen molar-refractivity contribution in [3.05, 3.63) is 68.0 Å². The molecule has 2 aromatic carbocycles. The van der Waals surface area contributed by atoms with E-state index in [-0.39, 0.29) is 27.3 Å². The summed E-state index contributed by atoms with van der Waals surface area (Å²) in [5.74, 6) is -0.855. The Morgan fingerprint density at radius 3 is 2.54 bits per heavy atom. The second-order valence-corrected chi connectivity index (χ2v) is 10.7. The summed E-state index contributed by atoms with van der Waals surface area (Å²) in [4.78, 5) is 28.7. The largest absolute Gasteiger partial charge is 0.496 e. The number of para-hydroxylation sites is 1. The maximum absolute atomic E-state index is 12.9. The van der Waals surface area contributed by atoms with E-state index in [1.807, 2.05) is 30.5 Å². The number of rotatable bonds is 13. The lowest BCUT2D eigenvalue weighted by Crippen LogP contribution is -2.12. The molecule has 0 radical (unpaired) electrons. The Bertz CT molecular complexity index is 1330. The Kier molecular flexibility index (Phi) is 11.4. The summed E-state index contributed by atoms with van der Waals surface area (Å²) >= 11 is 13.9. The number of hydrogen-bond acceptors (Lipinski definition) is 6. The molecule has 1 aromatic heterocycles. The zero-order chi connectivity index (χ0) is 28.5. The van der Waals surface area contributed by atoms with Gasteiger partial charge in [-0.2, -0.15) is 0 Å². The van der Waals surface area contributed by atoms with Crippen molar-refractivity contribution in [1.82, 2.24) is 4.98 Å². The van der Waals surface area contributed by atoms with Gasteiger partial charge in [0, 0.05) is 39.8 Å². The van der Waals surface area contributed by atoms with Crippen LogP contribution in [0.4, 0.5) is 5.13 Å². The van der Waals surface area contributed by atoms with E-state index in [9.17, 15) is 9.59 Å². The van der Waals surface area contributed by atoms with E-state index < -0.39 is 11.9 Å². The molecule has 7 nitrogen and oxygen atoms in total. The second-order valence-electron chi connectivity index (χ2n) is 8.98. The number of hydrogen-bond donors (Lipinski definition) is 2. The molecule has 3 rings (SSSR count). The van der Waals surface area contributed by atoms with Crippen molar-refractivity contribution in [2.75, 3.05) is 19.0 Å². The van der Waals surface area contributed by atoms with E-state index in [0.29, 0.717) is 28.7 Å². The summed E-state index contributed by atoms with van der Waals surface area (Å²) in [5.41, 5.74) is 3.00. The van der Waals surface area contributed by atoms with Gasteiger partial charge in [0.2, 0.25) is 0 Å². The molecule has 0 spiro atoms. The first-order valence-corrected chi connectivity index (χ1v) is 14.3. The highest BCUT2D eigenvalue weighted by molar-refractivity contribution is 7.14. The molecule has 1 amide bonds. The normalized spacial score (nSPS) is 12.3. The van der Waals surface area contributed by atoms with Gasteiger partial charge in [-0.05, 0) is 44.5 Å². The highest BCUT2D eigenvalue weighted by Crippen LogP contribution is 2.38. The van der Waals surface area contributed by atoms with Crippen LogP contribution in [0.2, 0.25) is 10.0 Å². The first kappa shape index (κ1) is 30.6. The summed E-state index contributed by atoms with van der Waals surface area (Å²) in [6.07, 6.45) is 5.77. The van der Waals surface area contributed by atoms with E-state index in [4.69, 9.17) is 37.8 Å². The first-order valence-electron chi connectivity index (χ1n) is 12.6. The zero-order valence-electron chi connectivity index (χ0n) is 22.3. The number of carbonyl (C=O) groups is 2. The third-order valence-electron chi connectivity index (χ3n) is 6.09. The van der Waals surface area contributed by atoms with Gasteiger partial charge in [0.25, 0.3) is 5.91 Å². The number of amides is 1. The molecule has 0 unspecified atom stereocenters. The molecule has 39 heavy (non-hydrogen) atoms. The average molecular weight is 592 g/mol. The van der Waals surface area contributed by atoms with Crippen LogP contribution in [-0.4, -0.2) is 35.7 Å². The fraction of sp³-hybridized carbons (Fsp3) is 0.345. The number of thiazole rings is 1. The highest BCUT2D eigenvalue weighted by atomic mass is 35.5. The van der Waals surface area contributed by atoms with E-state index in [2.05, 4.69) is 17.2 Å². The molecule has 0 bridgehead atoms. The van der Waals surface area contributed by atoms with Crippen molar-refractivity contribution < 1.29 is 24.2 Å². The first-order chi connectivity index (χ1) is 18.7. The minimum atomic E-state index is -1.09. The molecule has 10 heteroatoms. The van der Waals surface area contributed by atoms with Crippen molar-refractivity contribution in [2.45, 2.75) is 52.6 Å². The van der Waals surface area contributed by atoms with Crippen LogP contribution in [-0.2, 0) is 9.53 Å². The summed E-state index contributed by atoms with van der Waals surface area (Å²) in [7, 11) is 1.62. The number of aromatic nitrogens is 1. The fourth-order valence-electron chi connectivity index (χ4n) is 3.94. The van der Waals surface area contributed by atoms with Gasteiger partial charge >= 0.3 is 5.97 Å². The van der Waals surface area contributed by atoms with Crippen LogP contribution in [0.15, 0.2) is 41.3 Å². The van der Waals surface area contributed by atoms with Crippen molar-refractivity contribution >= 4 is 57.6 Å². The van der Waals surface area contributed by atoms with Gasteiger partial charge in [0.15, 0.2) is 5.13 Å². The molecule has 1 heterocycles. The number of methoxy groups -OCH3 is 1. The van der Waals surface area contributed by atoms with Gasteiger partial charge in [-0.25, -0.2) is 9.78 Å². The molecule has 0 aliphatic heterocycles. The third kappa shape index (κ3) is 8.05. The van der Waals surface area contributed by atoms with Crippen molar-refractivity contribution in [2.24, 2.45) is 0 Å². The maximum Gasteiger partial charge on any atom is 0.331 e. The van der Waals surface area contributed by atoms with E-state index >= 15 is 0 Å². The molecule has 3 aromatic rings. The smallest absolute Gasteiger partial charge is 0.331 e. The Labute approximate surface area is 242 Å².